The second-order valence-corrected chi connectivity index (χ2v) is 9.58. The standard InChI is InChI=1S/C11H16BrClN2O2S2/c1-15-4-2-3-8(7-15)6-14-19(16,17)10-5-9(13)11(12)18-10/h5,8,14H,2-4,6-7H2,1H3. The fourth-order valence-electron chi connectivity index (χ4n) is 2.20. The predicted octanol–water partition coefficient (Wildman–Crippen LogP) is 2.78. The number of thiophene rings is 1. The highest BCUT2D eigenvalue weighted by molar-refractivity contribution is 9.11. The number of hydrogen-bond donors (Lipinski definition) is 1. The molecular weight excluding hydrogens is 372 g/mol. The van der Waals surface area contributed by atoms with Gasteiger partial charge < -0.3 is 4.90 Å². The maximum Gasteiger partial charge on any atom is 0.250 e. The van der Waals surface area contributed by atoms with Crippen molar-refractivity contribution >= 4 is 48.9 Å². The van der Waals surface area contributed by atoms with Crippen LogP contribution in [0.2, 0.25) is 5.02 Å². The van der Waals surface area contributed by atoms with Crippen LogP contribution < -0.4 is 4.72 Å². The van der Waals surface area contributed by atoms with Crippen LogP contribution in [-0.2, 0) is 10.0 Å². The van der Waals surface area contributed by atoms with Crippen LogP contribution in [0.4, 0.5) is 0 Å². The van der Waals surface area contributed by atoms with Crippen LogP contribution >= 0.6 is 38.9 Å². The molecule has 0 aromatic carbocycles. The number of sulfonamides is 1. The maximum atomic E-state index is 12.1. The van der Waals surface area contributed by atoms with Gasteiger partial charge >= 0.3 is 0 Å². The average Bonchev–Trinajstić information content (AvgIpc) is 2.68. The van der Waals surface area contributed by atoms with Gasteiger partial charge in [-0.25, -0.2) is 13.1 Å². The van der Waals surface area contributed by atoms with Gasteiger partial charge in [0, 0.05) is 13.1 Å². The molecule has 1 fully saturated rings. The zero-order chi connectivity index (χ0) is 14.0. The number of halogens is 2. The molecule has 0 bridgehead atoms. The number of hydrogen-bond acceptors (Lipinski definition) is 4. The van der Waals surface area contributed by atoms with Crippen molar-refractivity contribution in [2.24, 2.45) is 5.92 Å². The van der Waals surface area contributed by atoms with E-state index in [1.54, 1.807) is 0 Å². The lowest BCUT2D eigenvalue weighted by atomic mass is 9.99. The highest BCUT2D eigenvalue weighted by Crippen LogP contribution is 2.34. The third-order valence-electron chi connectivity index (χ3n) is 3.17. The van der Waals surface area contributed by atoms with Crippen LogP contribution in [0.3, 0.4) is 0 Å². The molecule has 1 unspecified atom stereocenters. The van der Waals surface area contributed by atoms with Gasteiger partial charge in [0.15, 0.2) is 0 Å². The lowest BCUT2D eigenvalue weighted by Crippen LogP contribution is -2.38. The molecule has 1 aliphatic heterocycles. The van der Waals surface area contributed by atoms with Gasteiger partial charge in [-0.3, -0.25) is 0 Å². The van der Waals surface area contributed by atoms with Gasteiger partial charge in [0.05, 0.1) is 8.81 Å². The fraction of sp³-hybridized carbons (Fsp3) is 0.636. The quantitative estimate of drug-likeness (QED) is 0.864. The van der Waals surface area contributed by atoms with Crippen molar-refractivity contribution in [1.29, 1.82) is 0 Å². The zero-order valence-electron chi connectivity index (χ0n) is 10.5. The molecule has 2 heterocycles. The highest BCUT2D eigenvalue weighted by atomic mass is 79.9. The predicted molar refractivity (Wildman–Crippen MR) is 82.4 cm³/mol. The first-order chi connectivity index (χ1) is 8.88. The van der Waals surface area contributed by atoms with Crippen molar-refractivity contribution in [3.05, 3.63) is 14.9 Å². The van der Waals surface area contributed by atoms with E-state index in [1.807, 2.05) is 0 Å². The number of piperidine rings is 1. The average molecular weight is 388 g/mol. The Morgan fingerprint density at radius 2 is 2.37 bits per heavy atom. The summed E-state index contributed by atoms with van der Waals surface area (Å²) in [4.78, 5) is 2.24. The summed E-state index contributed by atoms with van der Waals surface area (Å²) in [7, 11) is -1.38. The number of rotatable bonds is 4. The molecule has 2 rings (SSSR count). The lowest BCUT2D eigenvalue weighted by Gasteiger charge is -2.29. The third-order valence-corrected chi connectivity index (χ3v) is 7.54. The normalized spacial score (nSPS) is 21.7. The molecule has 1 atom stereocenters. The van der Waals surface area contributed by atoms with Crippen molar-refractivity contribution in [3.8, 4) is 0 Å². The van der Waals surface area contributed by atoms with Crippen LogP contribution in [0.5, 0.6) is 0 Å². The molecule has 0 spiro atoms. The van der Waals surface area contributed by atoms with E-state index in [1.165, 1.54) is 6.07 Å². The van der Waals surface area contributed by atoms with E-state index in [2.05, 4.69) is 32.6 Å². The molecule has 1 N–H and O–H groups in total. The molecular formula is C11H16BrClN2O2S2. The Labute approximate surface area is 131 Å². The van der Waals surface area contributed by atoms with Gasteiger partial charge in [-0.2, -0.15) is 0 Å². The summed E-state index contributed by atoms with van der Waals surface area (Å²) in [5.74, 6) is 0.382. The van der Waals surface area contributed by atoms with Crippen molar-refractivity contribution in [2.75, 3.05) is 26.7 Å². The molecule has 1 saturated heterocycles. The van der Waals surface area contributed by atoms with Crippen molar-refractivity contribution < 1.29 is 8.42 Å². The van der Waals surface area contributed by atoms with E-state index in [4.69, 9.17) is 11.6 Å². The number of nitrogens with zero attached hydrogens (tertiary/aromatic N) is 1. The Kier molecular flexibility index (Phi) is 5.30. The van der Waals surface area contributed by atoms with E-state index in [-0.39, 0.29) is 4.21 Å². The largest absolute Gasteiger partial charge is 0.306 e. The number of likely N-dealkylation sites (tertiary alicyclic amines) is 1. The number of nitrogens with one attached hydrogen (secondary N) is 1. The molecule has 0 radical (unpaired) electrons. The molecule has 1 aliphatic rings. The first-order valence-electron chi connectivity index (χ1n) is 6.01. The van der Waals surface area contributed by atoms with Crippen LogP contribution in [-0.4, -0.2) is 40.0 Å². The minimum absolute atomic E-state index is 0.258. The van der Waals surface area contributed by atoms with Gasteiger partial charge in [0.25, 0.3) is 0 Å². The van der Waals surface area contributed by atoms with E-state index >= 15 is 0 Å². The van der Waals surface area contributed by atoms with Gasteiger partial charge in [-0.1, -0.05) is 11.6 Å². The lowest BCUT2D eigenvalue weighted by molar-refractivity contribution is 0.211. The Bertz CT molecular complexity index is 527. The van der Waals surface area contributed by atoms with Crippen molar-refractivity contribution in [2.45, 2.75) is 17.1 Å². The molecule has 0 saturated carbocycles. The smallest absolute Gasteiger partial charge is 0.250 e. The van der Waals surface area contributed by atoms with Crippen LogP contribution in [0.15, 0.2) is 14.1 Å². The minimum atomic E-state index is -3.44. The Morgan fingerprint density at radius 1 is 1.63 bits per heavy atom. The van der Waals surface area contributed by atoms with Crippen molar-refractivity contribution in [3.63, 3.8) is 0 Å². The first kappa shape index (κ1) is 15.7. The fourth-order valence-corrected chi connectivity index (χ4v) is 5.76. The molecule has 0 aliphatic carbocycles. The summed E-state index contributed by atoms with van der Waals surface area (Å²) in [5, 5.41) is 0.433. The third kappa shape index (κ3) is 4.15. The Hall–Kier alpha value is 0.340. The second kappa shape index (κ2) is 6.41. The van der Waals surface area contributed by atoms with Crippen LogP contribution in [0, 0.1) is 5.92 Å². The Morgan fingerprint density at radius 3 is 2.95 bits per heavy atom. The van der Waals surface area contributed by atoms with E-state index in [9.17, 15) is 8.42 Å². The Balaban J connectivity index is 1.98. The van der Waals surface area contributed by atoms with E-state index in [0.29, 0.717) is 21.3 Å². The molecule has 4 nitrogen and oxygen atoms in total. The van der Waals surface area contributed by atoms with Gasteiger partial charge in [0.1, 0.15) is 4.21 Å². The van der Waals surface area contributed by atoms with E-state index < -0.39 is 10.0 Å². The summed E-state index contributed by atoms with van der Waals surface area (Å²) in [6, 6.07) is 1.48. The summed E-state index contributed by atoms with van der Waals surface area (Å²) < 4.78 is 27.8. The van der Waals surface area contributed by atoms with Crippen LogP contribution in [0.25, 0.3) is 0 Å². The summed E-state index contributed by atoms with van der Waals surface area (Å²) in [5.41, 5.74) is 0. The minimum Gasteiger partial charge on any atom is -0.306 e. The van der Waals surface area contributed by atoms with Gasteiger partial charge in [-0.15, -0.1) is 11.3 Å². The molecule has 108 valence electrons. The zero-order valence-corrected chi connectivity index (χ0v) is 14.5. The van der Waals surface area contributed by atoms with Gasteiger partial charge in [-0.05, 0) is 54.3 Å². The molecule has 0 amide bonds. The SMILES string of the molecule is CN1CCCC(CNS(=O)(=O)c2cc(Cl)c(Br)s2)C1. The summed E-state index contributed by atoms with van der Waals surface area (Å²) in [6.45, 7) is 2.52. The summed E-state index contributed by atoms with van der Waals surface area (Å²) in [6.07, 6.45) is 2.20. The molecule has 19 heavy (non-hydrogen) atoms. The summed E-state index contributed by atoms with van der Waals surface area (Å²) >= 11 is 10.2. The van der Waals surface area contributed by atoms with E-state index in [0.717, 1.165) is 37.3 Å². The molecule has 8 heteroatoms. The molecule has 1 aromatic rings. The van der Waals surface area contributed by atoms with Crippen LogP contribution in [0.1, 0.15) is 12.8 Å². The van der Waals surface area contributed by atoms with Crippen molar-refractivity contribution in [1.82, 2.24) is 9.62 Å². The van der Waals surface area contributed by atoms with Gasteiger partial charge in [0.2, 0.25) is 10.0 Å². The second-order valence-electron chi connectivity index (χ2n) is 4.81. The topological polar surface area (TPSA) is 49.4 Å². The molecule has 1 aromatic heterocycles. The highest BCUT2D eigenvalue weighted by Gasteiger charge is 2.22. The first-order valence-corrected chi connectivity index (χ1v) is 9.48. The maximum absolute atomic E-state index is 12.1. The monoisotopic (exact) mass is 386 g/mol.